The number of pyridine rings is 1. The summed E-state index contributed by atoms with van der Waals surface area (Å²) in [5.74, 6) is 2.04. The molecule has 84 valence electrons. The fourth-order valence-corrected chi connectivity index (χ4v) is 2.00. The number of hydrogen-bond acceptors (Lipinski definition) is 4. The van der Waals surface area contributed by atoms with Crippen LogP contribution in [0.4, 0.5) is 5.82 Å². The van der Waals surface area contributed by atoms with E-state index in [-0.39, 0.29) is 6.61 Å². The lowest BCUT2D eigenvalue weighted by Crippen LogP contribution is -2.31. The molecule has 0 spiro atoms. The van der Waals surface area contributed by atoms with Crippen molar-refractivity contribution in [3.63, 3.8) is 0 Å². The number of aliphatic hydroxyl groups excluding tert-OH is 1. The summed E-state index contributed by atoms with van der Waals surface area (Å²) in [4.78, 5) is 6.46. The fraction of sp³-hybridized carbons (Fsp3) is 0.545. The van der Waals surface area contributed by atoms with Crippen LogP contribution in [-0.4, -0.2) is 35.2 Å². The van der Waals surface area contributed by atoms with Gasteiger partial charge in [0, 0.05) is 25.0 Å². The van der Waals surface area contributed by atoms with Gasteiger partial charge in [0.15, 0.2) is 0 Å². The van der Waals surface area contributed by atoms with Crippen LogP contribution in [0.3, 0.4) is 0 Å². The van der Waals surface area contributed by atoms with Crippen molar-refractivity contribution < 1.29 is 5.11 Å². The molecule has 1 unspecified atom stereocenters. The molecule has 1 atom stereocenters. The van der Waals surface area contributed by atoms with Gasteiger partial charge in [0.1, 0.15) is 5.82 Å². The highest BCUT2D eigenvalue weighted by atomic mass is 32.2. The van der Waals surface area contributed by atoms with Gasteiger partial charge in [-0.25, -0.2) is 4.98 Å². The van der Waals surface area contributed by atoms with Crippen LogP contribution < -0.4 is 4.90 Å². The topological polar surface area (TPSA) is 36.4 Å². The molecule has 0 fully saturated rings. The SMILES string of the molecule is CSCC(C)N(C)c1ccc(CO)cn1. The van der Waals surface area contributed by atoms with E-state index in [0.717, 1.165) is 17.1 Å². The summed E-state index contributed by atoms with van der Waals surface area (Å²) in [5.41, 5.74) is 0.852. The minimum atomic E-state index is 0.0529. The van der Waals surface area contributed by atoms with Gasteiger partial charge < -0.3 is 10.0 Å². The molecule has 0 radical (unpaired) electrons. The lowest BCUT2D eigenvalue weighted by atomic mass is 10.3. The maximum atomic E-state index is 8.90. The second-order valence-electron chi connectivity index (χ2n) is 3.60. The lowest BCUT2D eigenvalue weighted by Gasteiger charge is -2.25. The molecule has 0 bridgehead atoms. The highest BCUT2D eigenvalue weighted by Gasteiger charge is 2.09. The molecule has 0 aliphatic carbocycles. The van der Waals surface area contributed by atoms with Gasteiger partial charge in [-0.15, -0.1) is 0 Å². The van der Waals surface area contributed by atoms with Gasteiger partial charge in [0.25, 0.3) is 0 Å². The number of aliphatic hydroxyl groups is 1. The van der Waals surface area contributed by atoms with Gasteiger partial charge in [-0.2, -0.15) is 11.8 Å². The molecule has 15 heavy (non-hydrogen) atoms. The van der Waals surface area contributed by atoms with Crippen LogP contribution in [0.1, 0.15) is 12.5 Å². The quantitative estimate of drug-likeness (QED) is 0.830. The predicted molar refractivity (Wildman–Crippen MR) is 66.4 cm³/mol. The molecule has 0 saturated heterocycles. The molecule has 1 aromatic rings. The fourth-order valence-electron chi connectivity index (χ4n) is 1.30. The molecular formula is C11H18N2OS. The number of thioether (sulfide) groups is 1. The second-order valence-corrected chi connectivity index (χ2v) is 4.51. The molecule has 1 heterocycles. The van der Waals surface area contributed by atoms with E-state index >= 15 is 0 Å². The molecule has 0 aliphatic heterocycles. The van der Waals surface area contributed by atoms with Crippen LogP contribution in [0.15, 0.2) is 18.3 Å². The van der Waals surface area contributed by atoms with Crippen molar-refractivity contribution in [3.05, 3.63) is 23.9 Å². The van der Waals surface area contributed by atoms with E-state index in [2.05, 4.69) is 23.1 Å². The third kappa shape index (κ3) is 3.39. The third-order valence-electron chi connectivity index (χ3n) is 2.42. The van der Waals surface area contributed by atoms with Crippen LogP contribution in [0.5, 0.6) is 0 Å². The summed E-state index contributed by atoms with van der Waals surface area (Å²) in [6.07, 6.45) is 3.82. The Morgan fingerprint density at radius 3 is 2.73 bits per heavy atom. The maximum Gasteiger partial charge on any atom is 0.128 e. The zero-order chi connectivity index (χ0) is 11.3. The van der Waals surface area contributed by atoms with E-state index < -0.39 is 0 Å². The summed E-state index contributed by atoms with van der Waals surface area (Å²) >= 11 is 1.83. The molecule has 3 nitrogen and oxygen atoms in total. The van der Waals surface area contributed by atoms with Crippen LogP contribution in [0.25, 0.3) is 0 Å². The average molecular weight is 226 g/mol. The summed E-state index contributed by atoms with van der Waals surface area (Å²) in [5, 5.41) is 8.90. The first-order valence-corrected chi connectivity index (χ1v) is 6.36. The van der Waals surface area contributed by atoms with E-state index in [4.69, 9.17) is 5.11 Å². The first-order chi connectivity index (χ1) is 7.19. The Morgan fingerprint density at radius 1 is 1.53 bits per heavy atom. The Morgan fingerprint density at radius 2 is 2.27 bits per heavy atom. The van der Waals surface area contributed by atoms with Crippen LogP contribution in [-0.2, 0) is 6.61 Å². The summed E-state index contributed by atoms with van der Waals surface area (Å²) < 4.78 is 0. The predicted octanol–water partition coefficient (Wildman–Crippen LogP) is 1.76. The summed E-state index contributed by atoms with van der Waals surface area (Å²) in [7, 11) is 2.04. The highest BCUT2D eigenvalue weighted by molar-refractivity contribution is 7.98. The first-order valence-electron chi connectivity index (χ1n) is 4.96. The molecule has 0 saturated carbocycles. The van der Waals surface area contributed by atoms with Crippen molar-refractivity contribution in [2.24, 2.45) is 0 Å². The van der Waals surface area contributed by atoms with Gasteiger partial charge >= 0.3 is 0 Å². The van der Waals surface area contributed by atoms with Gasteiger partial charge in [-0.1, -0.05) is 6.07 Å². The zero-order valence-corrected chi connectivity index (χ0v) is 10.3. The van der Waals surface area contributed by atoms with Gasteiger partial charge in [-0.3, -0.25) is 0 Å². The zero-order valence-electron chi connectivity index (χ0n) is 9.47. The molecular weight excluding hydrogens is 208 g/mol. The van der Waals surface area contributed by atoms with Crippen molar-refractivity contribution in [2.75, 3.05) is 24.0 Å². The molecule has 1 N–H and O–H groups in total. The average Bonchev–Trinajstić information content (AvgIpc) is 2.28. The summed E-state index contributed by atoms with van der Waals surface area (Å²) in [6, 6.07) is 4.32. The highest BCUT2D eigenvalue weighted by Crippen LogP contribution is 2.14. The molecule has 1 rings (SSSR count). The van der Waals surface area contributed by atoms with E-state index in [0.29, 0.717) is 6.04 Å². The van der Waals surface area contributed by atoms with E-state index in [1.807, 2.05) is 30.9 Å². The van der Waals surface area contributed by atoms with Gasteiger partial charge in [0.05, 0.1) is 6.61 Å². The minimum absolute atomic E-state index is 0.0529. The van der Waals surface area contributed by atoms with Gasteiger partial charge in [0.2, 0.25) is 0 Å². The molecule has 1 aromatic heterocycles. The van der Waals surface area contributed by atoms with E-state index in [9.17, 15) is 0 Å². The smallest absolute Gasteiger partial charge is 0.128 e. The van der Waals surface area contributed by atoms with Crippen LogP contribution in [0, 0.1) is 0 Å². The van der Waals surface area contributed by atoms with Crippen molar-refractivity contribution in [2.45, 2.75) is 19.6 Å². The Bertz CT molecular complexity index is 289. The van der Waals surface area contributed by atoms with Crippen molar-refractivity contribution in [1.82, 2.24) is 4.98 Å². The maximum absolute atomic E-state index is 8.90. The minimum Gasteiger partial charge on any atom is -0.392 e. The third-order valence-corrected chi connectivity index (χ3v) is 3.24. The number of nitrogens with zero attached hydrogens (tertiary/aromatic N) is 2. The standard InChI is InChI=1S/C11H18N2OS/c1-9(8-15-3)13(2)11-5-4-10(7-14)6-12-11/h4-6,9,14H,7-8H2,1-3H3. The van der Waals surface area contributed by atoms with E-state index in [1.165, 1.54) is 0 Å². The van der Waals surface area contributed by atoms with Crippen molar-refractivity contribution in [3.8, 4) is 0 Å². The summed E-state index contributed by atoms with van der Waals surface area (Å²) in [6.45, 7) is 2.23. The Labute approximate surface area is 95.5 Å². The Kier molecular flexibility index (Phi) is 4.91. The Hall–Kier alpha value is -0.740. The largest absolute Gasteiger partial charge is 0.392 e. The number of hydrogen-bond donors (Lipinski definition) is 1. The number of aromatic nitrogens is 1. The monoisotopic (exact) mass is 226 g/mol. The molecule has 0 aliphatic rings. The normalized spacial score (nSPS) is 12.5. The first kappa shape index (κ1) is 12.3. The molecule has 0 amide bonds. The van der Waals surface area contributed by atoms with Crippen molar-refractivity contribution >= 4 is 17.6 Å². The van der Waals surface area contributed by atoms with E-state index in [1.54, 1.807) is 6.20 Å². The lowest BCUT2D eigenvalue weighted by molar-refractivity contribution is 0.281. The van der Waals surface area contributed by atoms with Crippen LogP contribution in [0.2, 0.25) is 0 Å². The second kappa shape index (κ2) is 5.98. The van der Waals surface area contributed by atoms with Crippen molar-refractivity contribution in [1.29, 1.82) is 0 Å². The molecule has 0 aromatic carbocycles. The van der Waals surface area contributed by atoms with Gasteiger partial charge in [-0.05, 0) is 24.8 Å². The number of anilines is 1. The van der Waals surface area contributed by atoms with Crippen LogP contribution >= 0.6 is 11.8 Å². The Balaban J connectivity index is 2.69. The molecule has 4 heteroatoms. The number of rotatable bonds is 5.